The molecule has 1 N–H and O–H groups in total. The van der Waals surface area contributed by atoms with Gasteiger partial charge in [0.1, 0.15) is 0 Å². The van der Waals surface area contributed by atoms with E-state index in [1.807, 2.05) is 23.7 Å². The molecule has 13 heavy (non-hydrogen) atoms. The maximum atomic E-state index is 4.12. The van der Waals surface area contributed by atoms with Crippen molar-refractivity contribution < 1.29 is 0 Å². The maximum absolute atomic E-state index is 4.12. The van der Waals surface area contributed by atoms with Crippen molar-refractivity contribution in [2.75, 3.05) is 0 Å². The fourth-order valence-electron chi connectivity index (χ4n) is 0.654. The monoisotopic (exact) mass is 218 g/mol. The van der Waals surface area contributed by atoms with E-state index in [9.17, 15) is 0 Å². The number of rotatable bonds is 2. The number of nitrogens with zero attached hydrogens (tertiary/aromatic N) is 1. The summed E-state index contributed by atoms with van der Waals surface area (Å²) < 4.78 is 0. The van der Waals surface area contributed by atoms with Crippen molar-refractivity contribution in [3.8, 4) is 0 Å². The molecule has 1 aromatic heterocycles. The summed E-state index contributed by atoms with van der Waals surface area (Å²) in [6, 6.07) is 4.06. The molecule has 74 valence electrons. The average Bonchev–Trinajstić information content (AvgIpc) is 2.36. The number of thiophene rings is 1. The van der Waals surface area contributed by atoms with Crippen molar-refractivity contribution in [2.24, 2.45) is 5.10 Å². The Morgan fingerprint density at radius 3 is 2.62 bits per heavy atom. The van der Waals surface area contributed by atoms with Crippen LogP contribution in [0.15, 0.2) is 22.6 Å². The van der Waals surface area contributed by atoms with E-state index in [-0.39, 0.29) is 17.9 Å². The van der Waals surface area contributed by atoms with E-state index < -0.39 is 0 Å². The summed E-state index contributed by atoms with van der Waals surface area (Å²) in [5, 5.41) is 6.16. The second-order valence-corrected chi connectivity index (χ2v) is 4.61. The second-order valence-electron chi connectivity index (χ2n) is 3.64. The maximum Gasteiger partial charge on any atom is 0.0640 e. The van der Waals surface area contributed by atoms with Crippen LogP contribution in [0, 0.1) is 0 Å². The molecule has 0 bridgehead atoms. The minimum atomic E-state index is 0. The van der Waals surface area contributed by atoms with Crippen LogP contribution in [0.1, 0.15) is 25.6 Å². The molecule has 0 saturated carbocycles. The molecule has 0 spiro atoms. The van der Waals surface area contributed by atoms with Crippen LogP contribution in [0.25, 0.3) is 0 Å². The Morgan fingerprint density at radius 1 is 1.46 bits per heavy atom. The van der Waals surface area contributed by atoms with E-state index in [1.165, 1.54) is 4.88 Å². The Kier molecular flexibility index (Phi) is 5.03. The van der Waals surface area contributed by atoms with Crippen LogP contribution in [-0.2, 0) is 0 Å². The molecule has 2 nitrogen and oxygen atoms in total. The molecule has 0 aliphatic rings. The third kappa shape index (κ3) is 5.66. The Morgan fingerprint density at radius 2 is 2.15 bits per heavy atom. The topological polar surface area (TPSA) is 24.4 Å². The minimum absolute atomic E-state index is 0. The van der Waals surface area contributed by atoms with E-state index in [2.05, 4.69) is 31.3 Å². The largest absolute Gasteiger partial charge is 0.305 e. The average molecular weight is 219 g/mol. The Hall–Kier alpha value is -0.540. The zero-order valence-corrected chi connectivity index (χ0v) is 9.71. The van der Waals surface area contributed by atoms with Crippen molar-refractivity contribution in [3.63, 3.8) is 0 Å². The van der Waals surface area contributed by atoms with E-state index >= 15 is 0 Å². The highest BCUT2D eigenvalue weighted by atomic mass is 35.5. The van der Waals surface area contributed by atoms with Gasteiger partial charge in [-0.05, 0) is 32.2 Å². The molecular formula is C9H15ClN2S. The smallest absolute Gasteiger partial charge is 0.0640 e. The van der Waals surface area contributed by atoms with E-state index in [4.69, 9.17) is 0 Å². The summed E-state index contributed by atoms with van der Waals surface area (Å²) >= 11 is 1.68. The molecular weight excluding hydrogens is 204 g/mol. The quantitative estimate of drug-likeness (QED) is 0.599. The molecule has 1 aromatic rings. The van der Waals surface area contributed by atoms with Crippen molar-refractivity contribution in [1.82, 2.24) is 5.43 Å². The third-order valence-corrected chi connectivity index (χ3v) is 1.94. The van der Waals surface area contributed by atoms with Crippen molar-refractivity contribution in [3.05, 3.63) is 22.4 Å². The van der Waals surface area contributed by atoms with Gasteiger partial charge in [0.15, 0.2) is 0 Å². The molecule has 1 rings (SSSR count). The first-order chi connectivity index (χ1) is 5.58. The molecule has 0 aromatic carbocycles. The van der Waals surface area contributed by atoms with E-state index in [0.717, 1.165) is 0 Å². The number of halogens is 1. The first-order valence-corrected chi connectivity index (χ1v) is 4.80. The molecule has 0 fully saturated rings. The highest BCUT2D eigenvalue weighted by molar-refractivity contribution is 7.11. The van der Waals surface area contributed by atoms with Crippen LogP contribution >= 0.6 is 23.7 Å². The number of hydrogen-bond acceptors (Lipinski definition) is 3. The molecule has 0 unspecified atom stereocenters. The van der Waals surface area contributed by atoms with Crippen molar-refractivity contribution >= 4 is 30.0 Å². The summed E-state index contributed by atoms with van der Waals surface area (Å²) in [5.41, 5.74) is 3.09. The highest BCUT2D eigenvalue weighted by Gasteiger charge is 2.05. The van der Waals surface area contributed by atoms with Crippen LogP contribution in [0.4, 0.5) is 0 Å². The summed E-state index contributed by atoms with van der Waals surface area (Å²) in [7, 11) is 0. The Labute approximate surface area is 89.5 Å². The zero-order chi connectivity index (χ0) is 9.03. The standard InChI is InChI=1S/C9H14N2S.ClH/c1-9(2,3)11-10-7-8-5-4-6-12-8;/h4-7,11H,1-3H3;1H/b10-7+;. The first kappa shape index (κ1) is 12.5. The SMILES string of the molecule is CC(C)(C)N/N=C/c1cccs1.Cl. The fraction of sp³-hybridized carbons (Fsp3) is 0.444. The second kappa shape index (κ2) is 5.25. The Bertz CT molecular complexity index is 249. The van der Waals surface area contributed by atoms with Gasteiger partial charge in [0.25, 0.3) is 0 Å². The summed E-state index contributed by atoms with van der Waals surface area (Å²) in [6.07, 6.45) is 1.84. The molecule has 0 aliphatic carbocycles. The predicted octanol–water partition coefficient (Wildman–Crippen LogP) is 2.89. The van der Waals surface area contributed by atoms with Crippen LogP contribution in [0.5, 0.6) is 0 Å². The molecule has 0 atom stereocenters. The molecule has 0 amide bonds. The van der Waals surface area contributed by atoms with Gasteiger partial charge in [0.05, 0.1) is 6.21 Å². The lowest BCUT2D eigenvalue weighted by Gasteiger charge is -2.16. The van der Waals surface area contributed by atoms with Crippen LogP contribution in [-0.4, -0.2) is 11.8 Å². The highest BCUT2D eigenvalue weighted by Crippen LogP contribution is 2.04. The third-order valence-electron chi connectivity index (χ3n) is 1.13. The number of nitrogens with one attached hydrogen (secondary N) is 1. The lowest BCUT2D eigenvalue weighted by molar-refractivity contribution is 0.442. The summed E-state index contributed by atoms with van der Waals surface area (Å²) in [4.78, 5) is 1.17. The van der Waals surface area contributed by atoms with Gasteiger partial charge in [0, 0.05) is 10.4 Å². The molecule has 4 heteroatoms. The Balaban J connectivity index is 0.00000144. The van der Waals surface area contributed by atoms with Gasteiger partial charge in [-0.1, -0.05) is 6.07 Å². The lowest BCUT2D eigenvalue weighted by atomic mass is 10.1. The van der Waals surface area contributed by atoms with Gasteiger partial charge in [-0.3, -0.25) is 0 Å². The lowest BCUT2D eigenvalue weighted by Crippen LogP contribution is -2.31. The normalized spacial score (nSPS) is 11.3. The van der Waals surface area contributed by atoms with Gasteiger partial charge >= 0.3 is 0 Å². The fourth-order valence-corrected chi connectivity index (χ4v) is 1.24. The van der Waals surface area contributed by atoms with Gasteiger partial charge in [0.2, 0.25) is 0 Å². The van der Waals surface area contributed by atoms with Gasteiger partial charge in [-0.2, -0.15) is 5.10 Å². The van der Waals surface area contributed by atoms with Crippen LogP contribution in [0.3, 0.4) is 0 Å². The molecule has 1 heterocycles. The summed E-state index contributed by atoms with van der Waals surface area (Å²) in [5.74, 6) is 0. The molecule has 0 saturated heterocycles. The predicted molar refractivity (Wildman–Crippen MR) is 62.0 cm³/mol. The van der Waals surface area contributed by atoms with Gasteiger partial charge in [-0.25, -0.2) is 0 Å². The van der Waals surface area contributed by atoms with Crippen molar-refractivity contribution in [2.45, 2.75) is 26.3 Å². The zero-order valence-electron chi connectivity index (χ0n) is 8.07. The molecule has 0 aliphatic heterocycles. The number of hydrogen-bond donors (Lipinski definition) is 1. The van der Waals surface area contributed by atoms with E-state index in [0.29, 0.717) is 0 Å². The molecule has 0 radical (unpaired) electrons. The summed E-state index contributed by atoms with van der Waals surface area (Å²) in [6.45, 7) is 6.25. The first-order valence-electron chi connectivity index (χ1n) is 3.92. The van der Waals surface area contributed by atoms with Crippen molar-refractivity contribution in [1.29, 1.82) is 0 Å². The van der Waals surface area contributed by atoms with Gasteiger partial charge in [-0.15, -0.1) is 23.7 Å². The van der Waals surface area contributed by atoms with Crippen LogP contribution in [0.2, 0.25) is 0 Å². The van der Waals surface area contributed by atoms with Gasteiger partial charge < -0.3 is 5.43 Å². The number of hydrazone groups is 1. The minimum Gasteiger partial charge on any atom is -0.305 e. The van der Waals surface area contributed by atoms with Crippen LogP contribution < -0.4 is 5.43 Å². The van der Waals surface area contributed by atoms with E-state index in [1.54, 1.807) is 11.3 Å².